The summed E-state index contributed by atoms with van der Waals surface area (Å²) in [6.07, 6.45) is 2.63. The van der Waals surface area contributed by atoms with Gasteiger partial charge in [-0.1, -0.05) is 22.9 Å². The van der Waals surface area contributed by atoms with E-state index in [2.05, 4.69) is 26.6 Å². The van der Waals surface area contributed by atoms with E-state index >= 15 is 0 Å². The first-order valence-corrected chi connectivity index (χ1v) is 8.62. The van der Waals surface area contributed by atoms with Crippen LogP contribution in [0.4, 0.5) is 5.69 Å². The predicted molar refractivity (Wildman–Crippen MR) is 93.6 cm³/mol. The Morgan fingerprint density at radius 2 is 2.13 bits per heavy atom. The fourth-order valence-corrected chi connectivity index (χ4v) is 4.09. The zero-order chi connectivity index (χ0) is 16.8. The molecule has 1 saturated carbocycles. The molecule has 1 saturated heterocycles. The molecule has 2 fully saturated rings. The van der Waals surface area contributed by atoms with Crippen LogP contribution in [0.1, 0.15) is 36.5 Å². The van der Waals surface area contributed by atoms with E-state index in [1.807, 2.05) is 44.1 Å². The lowest BCUT2D eigenvalue weighted by Gasteiger charge is -2.28. The van der Waals surface area contributed by atoms with Crippen molar-refractivity contribution in [2.24, 2.45) is 5.41 Å². The van der Waals surface area contributed by atoms with E-state index in [0.717, 1.165) is 29.4 Å². The maximum Gasteiger partial charge on any atom is 0.253 e. The number of nitrogens with zero attached hydrogens (tertiary/aromatic N) is 1. The Kier molecular flexibility index (Phi) is 3.91. The minimum absolute atomic E-state index is 0.106. The second-order valence-corrected chi connectivity index (χ2v) is 8.13. The molecule has 3 rings (SSSR count). The molecule has 23 heavy (non-hydrogen) atoms. The molecule has 1 aliphatic heterocycles. The number of benzene rings is 1. The third kappa shape index (κ3) is 2.84. The van der Waals surface area contributed by atoms with Crippen molar-refractivity contribution in [2.75, 3.05) is 25.5 Å². The molecule has 6 heteroatoms. The molecule has 0 radical (unpaired) electrons. The van der Waals surface area contributed by atoms with Crippen LogP contribution in [-0.2, 0) is 4.79 Å². The van der Waals surface area contributed by atoms with Gasteiger partial charge in [0.2, 0.25) is 5.91 Å². The van der Waals surface area contributed by atoms with Crippen LogP contribution in [0.3, 0.4) is 0 Å². The summed E-state index contributed by atoms with van der Waals surface area (Å²) in [7, 11) is 3.83. The van der Waals surface area contributed by atoms with Crippen molar-refractivity contribution in [1.29, 1.82) is 0 Å². The maximum absolute atomic E-state index is 12.6. The third-order valence-electron chi connectivity index (χ3n) is 5.08. The average molecular weight is 380 g/mol. The second-order valence-electron chi connectivity index (χ2n) is 7.21. The number of rotatable bonds is 4. The first-order valence-electron chi connectivity index (χ1n) is 7.82. The van der Waals surface area contributed by atoms with Crippen LogP contribution in [0.25, 0.3) is 0 Å². The zero-order valence-electron chi connectivity index (χ0n) is 13.7. The number of halogens is 1. The number of fused-ring (bicyclic) bond motifs is 2. The van der Waals surface area contributed by atoms with Gasteiger partial charge < -0.3 is 15.5 Å². The molecule has 0 spiro atoms. The summed E-state index contributed by atoms with van der Waals surface area (Å²) in [5, 5.41) is 6.11. The van der Waals surface area contributed by atoms with Gasteiger partial charge in [-0.2, -0.15) is 0 Å². The highest BCUT2D eigenvalue weighted by molar-refractivity contribution is 9.10. The first-order chi connectivity index (χ1) is 10.7. The van der Waals surface area contributed by atoms with Crippen molar-refractivity contribution < 1.29 is 9.59 Å². The number of amides is 2. The largest absolute Gasteiger partial charge is 0.377 e. The summed E-state index contributed by atoms with van der Waals surface area (Å²) in [6.45, 7) is 2.49. The van der Waals surface area contributed by atoms with Crippen LogP contribution in [0.15, 0.2) is 22.7 Å². The average Bonchev–Trinajstić information content (AvgIpc) is 2.95. The predicted octanol–water partition coefficient (Wildman–Crippen LogP) is 2.30. The Hall–Kier alpha value is -1.56. The summed E-state index contributed by atoms with van der Waals surface area (Å²) in [5.41, 5.74) is 0.979. The van der Waals surface area contributed by atoms with Gasteiger partial charge in [0.25, 0.3) is 5.91 Å². The van der Waals surface area contributed by atoms with Gasteiger partial charge in [0.15, 0.2) is 0 Å². The monoisotopic (exact) mass is 379 g/mol. The lowest BCUT2D eigenvalue weighted by atomic mass is 9.89. The van der Waals surface area contributed by atoms with Gasteiger partial charge in [-0.15, -0.1) is 0 Å². The minimum atomic E-state index is -0.269. The fraction of sp³-hybridized carbons (Fsp3) is 0.529. The minimum Gasteiger partial charge on any atom is -0.377 e. The lowest BCUT2D eigenvalue weighted by molar-refractivity contribution is -0.128. The van der Waals surface area contributed by atoms with Gasteiger partial charge in [0.05, 0.1) is 16.8 Å². The van der Waals surface area contributed by atoms with E-state index in [0.29, 0.717) is 12.1 Å². The molecule has 0 aromatic heterocycles. The van der Waals surface area contributed by atoms with Gasteiger partial charge in [-0.05, 0) is 37.5 Å². The lowest BCUT2D eigenvalue weighted by Crippen LogP contribution is -2.51. The van der Waals surface area contributed by atoms with Crippen LogP contribution in [0.5, 0.6) is 0 Å². The highest BCUT2D eigenvalue weighted by Gasteiger charge is 2.57. The van der Waals surface area contributed by atoms with Crippen LogP contribution >= 0.6 is 15.9 Å². The Bertz CT molecular complexity index is 676. The normalized spacial score (nSPS) is 28.6. The number of piperidine rings is 1. The van der Waals surface area contributed by atoms with E-state index in [1.54, 1.807) is 0 Å². The summed E-state index contributed by atoms with van der Waals surface area (Å²) < 4.78 is 0.936. The van der Waals surface area contributed by atoms with Crippen molar-refractivity contribution in [3.8, 4) is 0 Å². The molecular weight excluding hydrogens is 358 g/mol. The van der Waals surface area contributed by atoms with E-state index < -0.39 is 0 Å². The molecule has 1 aromatic rings. The SMILES string of the molecule is CN(C)c1cc(Br)ccc1C(=O)NCC12CCC(C)(C1)C(=O)N2. The standard InChI is InChI=1S/C17H22BrN3O2/c1-16-6-7-17(9-16,20-15(16)23)10-19-14(22)12-5-4-11(18)8-13(12)21(2)3/h4-5,8H,6-7,9-10H2,1-3H3,(H,19,22)(H,20,23). The van der Waals surface area contributed by atoms with Crippen molar-refractivity contribution in [2.45, 2.75) is 31.7 Å². The number of carbonyl (C=O) groups excluding carboxylic acids is 2. The van der Waals surface area contributed by atoms with Gasteiger partial charge >= 0.3 is 0 Å². The van der Waals surface area contributed by atoms with Crippen molar-refractivity contribution in [3.63, 3.8) is 0 Å². The molecule has 2 bridgehead atoms. The van der Waals surface area contributed by atoms with E-state index in [-0.39, 0.29) is 22.8 Å². The molecule has 2 atom stereocenters. The number of nitrogens with one attached hydrogen (secondary N) is 2. The molecule has 5 nitrogen and oxygen atoms in total. The quantitative estimate of drug-likeness (QED) is 0.843. The molecule has 2 unspecified atom stereocenters. The second kappa shape index (κ2) is 5.51. The highest BCUT2D eigenvalue weighted by Crippen LogP contribution is 2.49. The van der Waals surface area contributed by atoms with E-state index in [4.69, 9.17) is 0 Å². The Morgan fingerprint density at radius 3 is 2.70 bits per heavy atom. The van der Waals surface area contributed by atoms with Crippen LogP contribution in [0.2, 0.25) is 0 Å². The Balaban J connectivity index is 1.73. The third-order valence-corrected chi connectivity index (χ3v) is 5.58. The first kappa shape index (κ1) is 16.3. The summed E-state index contributed by atoms with van der Waals surface area (Å²) in [6, 6.07) is 5.61. The smallest absolute Gasteiger partial charge is 0.253 e. The topological polar surface area (TPSA) is 61.4 Å². The molecule has 1 aliphatic carbocycles. The molecule has 2 N–H and O–H groups in total. The molecule has 1 heterocycles. The Morgan fingerprint density at radius 1 is 1.39 bits per heavy atom. The molecular formula is C17H22BrN3O2. The zero-order valence-corrected chi connectivity index (χ0v) is 15.3. The van der Waals surface area contributed by atoms with Crippen LogP contribution in [-0.4, -0.2) is 38.0 Å². The summed E-state index contributed by atoms with van der Waals surface area (Å²) in [5.74, 6) is 0.0148. The van der Waals surface area contributed by atoms with Gasteiger partial charge in [-0.25, -0.2) is 0 Å². The van der Waals surface area contributed by atoms with Crippen molar-refractivity contribution >= 4 is 33.4 Å². The van der Waals surface area contributed by atoms with Crippen LogP contribution in [0, 0.1) is 5.41 Å². The molecule has 2 aliphatic rings. The summed E-state index contributed by atoms with van der Waals surface area (Å²) in [4.78, 5) is 26.5. The van der Waals surface area contributed by atoms with Crippen molar-refractivity contribution in [3.05, 3.63) is 28.2 Å². The van der Waals surface area contributed by atoms with Gasteiger partial charge in [0, 0.05) is 30.5 Å². The molecule has 1 aromatic carbocycles. The number of hydrogen-bond acceptors (Lipinski definition) is 3. The highest BCUT2D eigenvalue weighted by atomic mass is 79.9. The number of carbonyl (C=O) groups is 2. The van der Waals surface area contributed by atoms with Gasteiger partial charge in [-0.3, -0.25) is 9.59 Å². The number of anilines is 1. The fourth-order valence-electron chi connectivity index (χ4n) is 3.74. The van der Waals surface area contributed by atoms with E-state index in [9.17, 15) is 9.59 Å². The molecule has 124 valence electrons. The Labute approximate surface area is 144 Å². The maximum atomic E-state index is 12.6. The molecule has 2 amide bonds. The van der Waals surface area contributed by atoms with E-state index in [1.165, 1.54) is 0 Å². The van der Waals surface area contributed by atoms with Crippen molar-refractivity contribution in [1.82, 2.24) is 10.6 Å². The number of hydrogen-bond donors (Lipinski definition) is 2. The van der Waals surface area contributed by atoms with Gasteiger partial charge in [0.1, 0.15) is 0 Å². The van der Waals surface area contributed by atoms with Crippen LogP contribution < -0.4 is 15.5 Å². The summed E-state index contributed by atoms with van der Waals surface area (Å²) >= 11 is 3.44.